The maximum absolute atomic E-state index is 14.4. The van der Waals surface area contributed by atoms with Crippen LogP contribution in [0.1, 0.15) is 68.7 Å². The molecule has 3 aromatic rings. The van der Waals surface area contributed by atoms with Gasteiger partial charge in [-0.05, 0) is 55.7 Å². The van der Waals surface area contributed by atoms with Crippen molar-refractivity contribution < 1.29 is 14.0 Å². The van der Waals surface area contributed by atoms with E-state index in [9.17, 15) is 14.0 Å². The molecule has 1 aliphatic rings. The minimum absolute atomic E-state index is 0.00436. The number of anilines is 1. The second kappa shape index (κ2) is 10.7. The Bertz CT molecular complexity index is 1310. The number of hydrogen-bond donors (Lipinski definition) is 1. The van der Waals surface area contributed by atoms with Gasteiger partial charge < -0.3 is 5.32 Å². The molecule has 0 fully saturated rings. The Kier molecular flexibility index (Phi) is 7.78. The van der Waals surface area contributed by atoms with E-state index in [2.05, 4.69) is 26.1 Å². The fourth-order valence-electron chi connectivity index (χ4n) is 4.51. The number of carbonyl (C=O) groups is 2. The maximum atomic E-state index is 14.4. The summed E-state index contributed by atoms with van der Waals surface area (Å²) in [6.07, 6.45) is 0.790. The molecule has 0 radical (unpaired) electrons. The minimum atomic E-state index is -0.372. The van der Waals surface area contributed by atoms with Gasteiger partial charge >= 0.3 is 0 Å². The zero-order valence-electron chi connectivity index (χ0n) is 22.3. The van der Waals surface area contributed by atoms with Gasteiger partial charge in [0.15, 0.2) is 0 Å². The first kappa shape index (κ1) is 26.9. The summed E-state index contributed by atoms with van der Waals surface area (Å²) in [7, 11) is 0. The van der Waals surface area contributed by atoms with Gasteiger partial charge in [0, 0.05) is 17.0 Å². The van der Waals surface area contributed by atoms with Crippen molar-refractivity contribution >= 4 is 29.4 Å². The molecule has 1 aromatic heterocycles. The SMILES string of the molecule is CC[C@H](C)NC(=O)CN1C(=O)CS[C@H](c2cccc(F)c2)c2c(C(C)(C)C)nn(-c3cccc(C)c3)c21. The second-order valence-electron chi connectivity index (χ2n) is 10.7. The Hall–Kier alpha value is -3.13. The third-order valence-corrected chi connectivity index (χ3v) is 7.77. The number of fused-ring (bicyclic) bond motifs is 1. The fraction of sp³-hybridized carbons (Fsp3) is 0.414. The first-order chi connectivity index (χ1) is 17.5. The molecule has 0 bridgehead atoms. The summed E-state index contributed by atoms with van der Waals surface area (Å²) >= 11 is 1.44. The highest BCUT2D eigenvalue weighted by Gasteiger charge is 2.40. The minimum Gasteiger partial charge on any atom is -0.352 e. The van der Waals surface area contributed by atoms with Crippen LogP contribution in [0.5, 0.6) is 0 Å². The number of hydrogen-bond acceptors (Lipinski definition) is 4. The van der Waals surface area contributed by atoms with Crippen molar-refractivity contribution in [1.82, 2.24) is 15.1 Å². The molecule has 1 aliphatic heterocycles. The first-order valence-electron chi connectivity index (χ1n) is 12.7. The Balaban J connectivity index is 1.99. The van der Waals surface area contributed by atoms with Crippen molar-refractivity contribution in [3.63, 3.8) is 0 Å². The van der Waals surface area contributed by atoms with Gasteiger partial charge in [-0.25, -0.2) is 9.07 Å². The highest BCUT2D eigenvalue weighted by Crippen LogP contribution is 2.48. The summed E-state index contributed by atoms with van der Waals surface area (Å²) in [6.45, 7) is 12.1. The van der Waals surface area contributed by atoms with Crippen LogP contribution < -0.4 is 10.2 Å². The van der Waals surface area contributed by atoms with Crippen LogP contribution in [0.3, 0.4) is 0 Å². The van der Waals surface area contributed by atoms with E-state index in [4.69, 9.17) is 5.10 Å². The lowest BCUT2D eigenvalue weighted by molar-refractivity contribution is -0.123. The number of carbonyl (C=O) groups excluding carboxylic acids is 2. The maximum Gasteiger partial charge on any atom is 0.240 e. The van der Waals surface area contributed by atoms with Gasteiger partial charge in [0.2, 0.25) is 11.8 Å². The van der Waals surface area contributed by atoms with E-state index in [0.717, 1.165) is 34.5 Å². The normalized spacial score (nSPS) is 16.8. The molecule has 4 rings (SSSR count). The molecule has 0 unspecified atom stereocenters. The zero-order chi connectivity index (χ0) is 26.9. The van der Waals surface area contributed by atoms with Gasteiger partial charge in [-0.15, -0.1) is 11.8 Å². The predicted octanol–water partition coefficient (Wildman–Crippen LogP) is 5.70. The van der Waals surface area contributed by atoms with Crippen LogP contribution >= 0.6 is 11.8 Å². The highest BCUT2D eigenvalue weighted by molar-refractivity contribution is 8.00. The Morgan fingerprint density at radius 2 is 1.95 bits per heavy atom. The van der Waals surface area contributed by atoms with Crippen LogP contribution in [0.4, 0.5) is 10.2 Å². The summed E-state index contributed by atoms with van der Waals surface area (Å²) in [6, 6.07) is 14.4. The average molecular weight is 523 g/mol. The van der Waals surface area contributed by atoms with E-state index >= 15 is 0 Å². The number of amides is 2. The molecule has 2 atom stereocenters. The summed E-state index contributed by atoms with van der Waals surface area (Å²) in [5.41, 5.74) is 3.90. The number of nitrogens with one attached hydrogen (secondary N) is 1. The van der Waals surface area contributed by atoms with E-state index in [1.54, 1.807) is 15.6 Å². The van der Waals surface area contributed by atoms with Crippen LogP contribution in [-0.4, -0.2) is 39.9 Å². The first-order valence-corrected chi connectivity index (χ1v) is 13.7. The third kappa shape index (κ3) is 5.74. The Labute approximate surface area is 222 Å². The molecule has 2 amide bonds. The number of benzene rings is 2. The van der Waals surface area contributed by atoms with Crippen LogP contribution in [0.15, 0.2) is 48.5 Å². The molecular weight excluding hydrogens is 487 g/mol. The lowest BCUT2D eigenvalue weighted by Gasteiger charge is -2.25. The smallest absolute Gasteiger partial charge is 0.240 e. The molecule has 2 heterocycles. The fourth-order valence-corrected chi connectivity index (χ4v) is 5.70. The van der Waals surface area contributed by atoms with Crippen molar-refractivity contribution in [3.05, 3.63) is 76.7 Å². The topological polar surface area (TPSA) is 67.2 Å². The van der Waals surface area contributed by atoms with E-state index in [1.807, 2.05) is 51.1 Å². The standard InChI is InChI=1S/C29H35FN4O2S/c1-7-19(3)31-23(35)16-33-24(36)17-37-26(20-11-9-12-21(30)15-20)25-27(29(4,5)6)32-34(28(25)33)22-13-8-10-18(2)14-22/h8-15,19,26H,7,16-17H2,1-6H3,(H,31,35)/t19-,26+/m0/s1. The summed E-state index contributed by atoms with van der Waals surface area (Å²) in [4.78, 5) is 28.2. The highest BCUT2D eigenvalue weighted by atomic mass is 32.2. The number of thioether (sulfide) groups is 1. The molecular formula is C29H35FN4O2S. The quantitative estimate of drug-likeness (QED) is 0.451. The molecule has 8 heteroatoms. The summed E-state index contributed by atoms with van der Waals surface area (Å²) in [5.74, 6) is -0.0116. The summed E-state index contributed by atoms with van der Waals surface area (Å²) in [5, 5.41) is 7.72. The van der Waals surface area contributed by atoms with Crippen LogP contribution in [-0.2, 0) is 15.0 Å². The van der Waals surface area contributed by atoms with Crippen LogP contribution in [0, 0.1) is 12.7 Å². The molecule has 0 spiro atoms. The molecule has 0 saturated heterocycles. The van der Waals surface area contributed by atoms with E-state index < -0.39 is 0 Å². The lowest BCUT2D eigenvalue weighted by atomic mass is 9.87. The van der Waals surface area contributed by atoms with Gasteiger partial charge in [0.1, 0.15) is 18.2 Å². The molecule has 1 N–H and O–H groups in total. The van der Waals surface area contributed by atoms with Crippen molar-refractivity contribution in [2.45, 2.75) is 64.7 Å². The second-order valence-corrected chi connectivity index (χ2v) is 11.8. The Morgan fingerprint density at radius 3 is 2.59 bits per heavy atom. The number of aromatic nitrogens is 2. The molecule has 37 heavy (non-hydrogen) atoms. The molecule has 6 nitrogen and oxygen atoms in total. The lowest BCUT2D eigenvalue weighted by Crippen LogP contribution is -2.44. The van der Waals surface area contributed by atoms with Crippen molar-refractivity contribution in [2.24, 2.45) is 0 Å². The van der Waals surface area contributed by atoms with E-state index in [1.165, 1.54) is 23.9 Å². The molecule has 196 valence electrons. The number of rotatable bonds is 6. The number of nitrogens with zero attached hydrogens (tertiary/aromatic N) is 3. The van der Waals surface area contributed by atoms with Gasteiger partial charge in [-0.3, -0.25) is 14.5 Å². The zero-order valence-corrected chi connectivity index (χ0v) is 23.2. The van der Waals surface area contributed by atoms with E-state index in [0.29, 0.717) is 5.82 Å². The van der Waals surface area contributed by atoms with Crippen molar-refractivity contribution in [3.8, 4) is 5.69 Å². The van der Waals surface area contributed by atoms with Crippen LogP contribution in [0.2, 0.25) is 0 Å². The number of halogens is 1. The van der Waals surface area contributed by atoms with Crippen molar-refractivity contribution in [2.75, 3.05) is 17.2 Å². The Morgan fingerprint density at radius 1 is 1.22 bits per heavy atom. The third-order valence-electron chi connectivity index (χ3n) is 6.52. The van der Waals surface area contributed by atoms with Crippen molar-refractivity contribution in [1.29, 1.82) is 0 Å². The predicted molar refractivity (Wildman–Crippen MR) is 148 cm³/mol. The van der Waals surface area contributed by atoms with Gasteiger partial charge in [0.25, 0.3) is 0 Å². The van der Waals surface area contributed by atoms with Gasteiger partial charge in [0.05, 0.1) is 22.4 Å². The van der Waals surface area contributed by atoms with Crippen LogP contribution in [0.25, 0.3) is 5.69 Å². The monoisotopic (exact) mass is 522 g/mol. The molecule has 2 aromatic carbocycles. The van der Waals surface area contributed by atoms with Gasteiger partial charge in [-0.2, -0.15) is 5.10 Å². The summed E-state index contributed by atoms with van der Waals surface area (Å²) < 4.78 is 16.2. The largest absolute Gasteiger partial charge is 0.352 e. The van der Waals surface area contributed by atoms with Gasteiger partial charge in [-0.1, -0.05) is 52.0 Å². The van der Waals surface area contributed by atoms with E-state index in [-0.39, 0.29) is 46.6 Å². The average Bonchev–Trinajstić information content (AvgIpc) is 3.17. The molecule has 0 saturated carbocycles. The molecule has 0 aliphatic carbocycles. The number of aryl methyl sites for hydroxylation is 1.